The highest BCUT2D eigenvalue weighted by Gasteiger charge is 1.97. The molecule has 0 radical (unpaired) electrons. The molecule has 0 fully saturated rings. The lowest BCUT2D eigenvalue weighted by atomic mass is 10.2. The van der Waals surface area contributed by atoms with Gasteiger partial charge < -0.3 is 0 Å². The van der Waals surface area contributed by atoms with Crippen molar-refractivity contribution in [2.75, 3.05) is 0 Å². The van der Waals surface area contributed by atoms with Gasteiger partial charge in [0.15, 0.2) is 0 Å². The third kappa shape index (κ3) is 2.66. The average molecular weight is 186 g/mol. The third-order valence-electron chi connectivity index (χ3n) is 1.76. The van der Waals surface area contributed by atoms with Gasteiger partial charge in [0.05, 0.1) is 17.6 Å². The Morgan fingerprint density at radius 3 is 2.64 bits per heavy atom. The molecule has 0 aliphatic heterocycles. The van der Waals surface area contributed by atoms with Crippen molar-refractivity contribution >= 4 is 5.57 Å². The Labute approximate surface area is 84.7 Å². The van der Waals surface area contributed by atoms with E-state index < -0.39 is 0 Å². The molecule has 14 heavy (non-hydrogen) atoms. The second-order valence-corrected chi connectivity index (χ2v) is 2.89. The number of hydrogen-bond donors (Lipinski definition) is 0. The molecule has 0 saturated carbocycles. The van der Waals surface area contributed by atoms with Crippen molar-refractivity contribution in [1.29, 1.82) is 0 Å². The quantitative estimate of drug-likeness (QED) is 0.678. The largest absolute Gasteiger partial charge is 0.258 e. The highest BCUT2D eigenvalue weighted by molar-refractivity contribution is 5.71. The van der Waals surface area contributed by atoms with E-state index in [0.717, 1.165) is 17.0 Å². The Bertz CT molecular complexity index is 358. The molecule has 0 spiro atoms. The van der Waals surface area contributed by atoms with E-state index in [2.05, 4.69) is 16.5 Å². The van der Waals surface area contributed by atoms with Crippen LogP contribution in [0.25, 0.3) is 5.57 Å². The summed E-state index contributed by atoms with van der Waals surface area (Å²) in [6, 6.07) is 0. The molecule has 1 heterocycles. The Kier molecular flexibility index (Phi) is 3.80. The normalized spacial score (nSPS) is 12.0. The molecule has 0 atom stereocenters. The smallest absolute Gasteiger partial charge is 0.0885 e. The number of hydrogen-bond acceptors (Lipinski definition) is 2. The van der Waals surface area contributed by atoms with Crippen molar-refractivity contribution in [2.24, 2.45) is 0 Å². The fourth-order valence-corrected chi connectivity index (χ4v) is 1.000. The van der Waals surface area contributed by atoms with Gasteiger partial charge in [-0.2, -0.15) is 0 Å². The molecule has 0 amide bonds. The van der Waals surface area contributed by atoms with Crippen molar-refractivity contribution in [3.05, 3.63) is 54.7 Å². The highest BCUT2D eigenvalue weighted by Crippen LogP contribution is 2.11. The number of allylic oxidation sites excluding steroid dienone is 5. The third-order valence-corrected chi connectivity index (χ3v) is 1.76. The van der Waals surface area contributed by atoms with E-state index in [0.29, 0.717) is 0 Å². The Morgan fingerprint density at radius 1 is 1.36 bits per heavy atom. The van der Waals surface area contributed by atoms with Crippen LogP contribution in [0.3, 0.4) is 0 Å². The van der Waals surface area contributed by atoms with E-state index in [-0.39, 0.29) is 0 Å². The van der Waals surface area contributed by atoms with E-state index in [9.17, 15) is 0 Å². The minimum absolute atomic E-state index is 0.851. The van der Waals surface area contributed by atoms with Gasteiger partial charge >= 0.3 is 0 Å². The first-order valence-corrected chi connectivity index (χ1v) is 4.52. The predicted molar refractivity (Wildman–Crippen MR) is 59.8 cm³/mol. The summed E-state index contributed by atoms with van der Waals surface area (Å²) in [4.78, 5) is 8.45. The molecule has 1 rings (SSSR count). The average Bonchev–Trinajstić information content (AvgIpc) is 2.21. The van der Waals surface area contributed by atoms with Crippen LogP contribution in [-0.2, 0) is 0 Å². The van der Waals surface area contributed by atoms with Crippen LogP contribution in [0.4, 0.5) is 0 Å². The summed E-state index contributed by atoms with van der Waals surface area (Å²) in [5.41, 5.74) is 2.75. The first-order valence-electron chi connectivity index (χ1n) is 4.52. The molecule has 0 aliphatic rings. The van der Waals surface area contributed by atoms with Gasteiger partial charge in [0.2, 0.25) is 0 Å². The summed E-state index contributed by atoms with van der Waals surface area (Å²) in [6.07, 6.45) is 11.2. The Balaban J connectivity index is 3.01. The van der Waals surface area contributed by atoms with Gasteiger partial charge in [0, 0.05) is 11.8 Å². The van der Waals surface area contributed by atoms with Crippen LogP contribution in [0.15, 0.2) is 43.3 Å². The summed E-state index contributed by atoms with van der Waals surface area (Å²) in [5.74, 6) is 0. The molecule has 2 nitrogen and oxygen atoms in total. The monoisotopic (exact) mass is 186 g/mol. The van der Waals surface area contributed by atoms with Gasteiger partial charge in [-0.05, 0) is 13.8 Å². The summed E-state index contributed by atoms with van der Waals surface area (Å²) >= 11 is 0. The summed E-state index contributed by atoms with van der Waals surface area (Å²) in [7, 11) is 0. The first kappa shape index (κ1) is 10.4. The van der Waals surface area contributed by atoms with Crippen LogP contribution in [0.5, 0.6) is 0 Å². The van der Waals surface area contributed by atoms with Gasteiger partial charge in [-0.1, -0.05) is 30.9 Å². The topological polar surface area (TPSA) is 25.8 Å². The van der Waals surface area contributed by atoms with E-state index in [4.69, 9.17) is 0 Å². The maximum atomic E-state index is 4.27. The zero-order valence-corrected chi connectivity index (χ0v) is 8.57. The lowest BCUT2D eigenvalue weighted by molar-refractivity contribution is 1.10. The number of aromatic nitrogens is 2. The minimum atomic E-state index is 0.851. The molecule has 1 aromatic heterocycles. The van der Waals surface area contributed by atoms with Gasteiger partial charge in [-0.25, -0.2) is 0 Å². The first-order chi connectivity index (χ1) is 6.77. The second-order valence-electron chi connectivity index (χ2n) is 2.89. The summed E-state index contributed by atoms with van der Waals surface area (Å²) in [6.45, 7) is 7.63. The molecule has 0 saturated heterocycles. The zero-order chi connectivity index (χ0) is 10.4. The molecule has 2 heteroatoms. The van der Waals surface area contributed by atoms with Gasteiger partial charge in [-0.15, -0.1) is 0 Å². The molecule has 72 valence electrons. The molecule has 0 bridgehead atoms. The number of aryl methyl sites for hydroxylation is 1. The van der Waals surface area contributed by atoms with Crippen molar-refractivity contribution in [3.63, 3.8) is 0 Å². The van der Waals surface area contributed by atoms with Crippen LogP contribution < -0.4 is 0 Å². The van der Waals surface area contributed by atoms with Crippen molar-refractivity contribution in [1.82, 2.24) is 9.97 Å². The molecule has 0 aliphatic carbocycles. The van der Waals surface area contributed by atoms with E-state index in [1.807, 2.05) is 32.1 Å². The molecular weight excluding hydrogens is 172 g/mol. The molecule has 0 unspecified atom stereocenters. The van der Waals surface area contributed by atoms with E-state index >= 15 is 0 Å². The van der Waals surface area contributed by atoms with Gasteiger partial charge in [0.25, 0.3) is 0 Å². The second kappa shape index (κ2) is 5.12. The fourth-order valence-electron chi connectivity index (χ4n) is 1.000. The molecule has 0 N–H and O–H groups in total. The summed E-state index contributed by atoms with van der Waals surface area (Å²) < 4.78 is 0. The van der Waals surface area contributed by atoms with Crippen molar-refractivity contribution in [3.8, 4) is 0 Å². The van der Waals surface area contributed by atoms with Crippen LogP contribution in [0.1, 0.15) is 18.3 Å². The lowest BCUT2D eigenvalue weighted by Crippen LogP contribution is -1.90. The fraction of sp³-hybridized carbons (Fsp3) is 0.167. The Morgan fingerprint density at radius 2 is 2.14 bits per heavy atom. The highest BCUT2D eigenvalue weighted by atomic mass is 14.8. The SMILES string of the molecule is C=C/C(=C\C=C/C)c1cnc(C)cn1. The van der Waals surface area contributed by atoms with Gasteiger partial charge in [-0.3, -0.25) is 9.97 Å². The minimum Gasteiger partial charge on any atom is -0.258 e. The molecule has 0 aromatic carbocycles. The van der Waals surface area contributed by atoms with Crippen LogP contribution in [0, 0.1) is 6.92 Å². The maximum Gasteiger partial charge on any atom is 0.0885 e. The van der Waals surface area contributed by atoms with Crippen molar-refractivity contribution in [2.45, 2.75) is 13.8 Å². The van der Waals surface area contributed by atoms with E-state index in [1.165, 1.54) is 0 Å². The number of nitrogens with zero attached hydrogens (tertiary/aromatic N) is 2. The van der Waals surface area contributed by atoms with Crippen molar-refractivity contribution < 1.29 is 0 Å². The van der Waals surface area contributed by atoms with Gasteiger partial charge in [0.1, 0.15) is 0 Å². The van der Waals surface area contributed by atoms with Crippen LogP contribution in [0.2, 0.25) is 0 Å². The summed E-state index contributed by atoms with van der Waals surface area (Å²) in [5, 5.41) is 0. The molecular formula is C12H14N2. The van der Waals surface area contributed by atoms with Crippen LogP contribution >= 0.6 is 0 Å². The maximum absolute atomic E-state index is 4.27. The van der Waals surface area contributed by atoms with E-state index in [1.54, 1.807) is 18.5 Å². The zero-order valence-electron chi connectivity index (χ0n) is 8.57. The lowest BCUT2D eigenvalue weighted by Gasteiger charge is -1.99. The molecule has 1 aromatic rings. The number of rotatable bonds is 3. The Hall–Kier alpha value is -1.70. The van der Waals surface area contributed by atoms with Crippen LogP contribution in [-0.4, -0.2) is 9.97 Å². The predicted octanol–water partition coefficient (Wildman–Crippen LogP) is 2.93. The standard InChI is InChI=1S/C12H14N2/c1-4-6-7-11(5-2)12-9-13-10(3)8-14-12/h4-9H,2H2,1,3H3/b6-4-,11-7+.